The normalized spacial score (nSPS) is 20.0. The summed E-state index contributed by atoms with van der Waals surface area (Å²) in [6, 6.07) is 2.99. The summed E-state index contributed by atoms with van der Waals surface area (Å²) in [5.41, 5.74) is 6.01. The molecule has 2 N–H and O–H groups in total. The van der Waals surface area contributed by atoms with Gasteiger partial charge in [-0.3, -0.25) is 4.79 Å². The van der Waals surface area contributed by atoms with Crippen molar-refractivity contribution in [2.24, 2.45) is 5.92 Å². The third-order valence-electron chi connectivity index (χ3n) is 2.80. The highest BCUT2D eigenvalue weighted by atomic mass is 35.5. The monoisotopic (exact) mass is 307 g/mol. The van der Waals surface area contributed by atoms with Crippen molar-refractivity contribution < 1.29 is 17.1 Å². The number of carbonyl (C=O) groups is 1. The smallest absolute Gasteiger partial charge is 0.302 e. The largest absolute Gasteiger partial charge is 0.382 e. The maximum absolute atomic E-state index is 12.6. The van der Waals surface area contributed by atoms with E-state index in [4.69, 9.17) is 17.3 Å². The van der Waals surface area contributed by atoms with Gasteiger partial charge >= 0.3 is 10.2 Å². The highest BCUT2D eigenvalue weighted by Gasteiger charge is 2.34. The third kappa shape index (κ3) is 3.32. The highest BCUT2D eigenvalue weighted by Crippen LogP contribution is 2.30. The van der Waals surface area contributed by atoms with Crippen LogP contribution in [-0.4, -0.2) is 31.6 Å². The second kappa shape index (κ2) is 4.93. The molecule has 0 radical (unpaired) electrons. The van der Waals surface area contributed by atoms with Gasteiger partial charge in [-0.2, -0.15) is 8.42 Å². The molecule has 6 nitrogen and oxygen atoms in total. The molecule has 1 amide bonds. The van der Waals surface area contributed by atoms with Crippen molar-refractivity contribution in [3.63, 3.8) is 0 Å². The predicted molar refractivity (Wildman–Crippen MR) is 69.0 cm³/mol. The van der Waals surface area contributed by atoms with Crippen molar-refractivity contribution >= 4 is 39.2 Å². The maximum Gasteiger partial charge on any atom is 0.302 e. The van der Waals surface area contributed by atoms with Crippen LogP contribution in [0.15, 0.2) is 12.1 Å². The van der Waals surface area contributed by atoms with Crippen molar-refractivity contribution in [3.05, 3.63) is 17.3 Å². The fraction of sp³-hybridized carbons (Fsp3) is 0.400. The maximum atomic E-state index is 12.6. The molecule has 0 saturated carbocycles. The zero-order valence-corrected chi connectivity index (χ0v) is 11.3. The molecule has 19 heavy (non-hydrogen) atoms. The SMILES string of the molecule is Nc1nc(Cl)ccc1N1CC(CS(=O)(=O)F)CC1=O. The number of nitrogens with two attached hydrogens (primary N) is 1. The second-order valence-electron chi connectivity index (χ2n) is 4.32. The van der Waals surface area contributed by atoms with Crippen LogP contribution in [0.3, 0.4) is 0 Å². The number of hydrogen-bond acceptors (Lipinski definition) is 5. The molecule has 1 aromatic rings. The van der Waals surface area contributed by atoms with E-state index in [0.717, 1.165) is 0 Å². The van der Waals surface area contributed by atoms with Gasteiger partial charge < -0.3 is 10.6 Å². The molecule has 1 aliphatic heterocycles. The molecule has 1 aliphatic rings. The molecule has 2 rings (SSSR count). The standard InChI is InChI=1S/C10H11ClFN3O3S/c11-8-2-1-7(10(13)14-8)15-4-6(3-9(15)16)5-19(12,17)18/h1-2,6H,3-5H2,(H2,13,14). The van der Waals surface area contributed by atoms with E-state index >= 15 is 0 Å². The number of rotatable bonds is 3. The topological polar surface area (TPSA) is 93.4 Å². The van der Waals surface area contributed by atoms with Gasteiger partial charge in [0.15, 0.2) is 0 Å². The Kier molecular flexibility index (Phi) is 3.64. The summed E-state index contributed by atoms with van der Waals surface area (Å²) in [4.78, 5) is 16.9. The number of anilines is 2. The Morgan fingerprint density at radius 1 is 1.53 bits per heavy atom. The molecule has 1 unspecified atom stereocenters. The van der Waals surface area contributed by atoms with E-state index in [-0.39, 0.29) is 29.8 Å². The van der Waals surface area contributed by atoms with Gasteiger partial charge in [-0.1, -0.05) is 11.6 Å². The summed E-state index contributed by atoms with van der Waals surface area (Å²) in [7, 11) is -4.60. The van der Waals surface area contributed by atoms with Gasteiger partial charge in [0.2, 0.25) is 5.91 Å². The number of carbonyl (C=O) groups excluding carboxylic acids is 1. The lowest BCUT2D eigenvalue weighted by molar-refractivity contribution is -0.117. The number of amides is 1. The summed E-state index contributed by atoms with van der Waals surface area (Å²) in [6.07, 6.45) is -0.0365. The van der Waals surface area contributed by atoms with Gasteiger partial charge in [-0.25, -0.2) is 4.98 Å². The highest BCUT2D eigenvalue weighted by molar-refractivity contribution is 7.86. The van der Waals surface area contributed by atoms with Crippen LogP contribution >= 0.6 is 11.6 Å². The quantitative estimate of drug-likeness (QED) is 0.663. The Hall–Kier alpha value is -1.41. The minimum absolute atomic E-state index is 0.0365. The molecule has 0 aromatic carbocycles. The molecular weight excluding hydrogens is 297 g/mol. The number of pyridine rings is 1. The van der Waals surface area contributed by atoms with Crippen LogP contribution < -0.4 is 10.6 Å². The molecule has 1 aromatic heterocycles. The third-order valence-corrected chi connectivity index (χ3v) is 3.88. The molecule has 0 aliphatic carbocycles. The van der Waals surface area contributed by atoms with Crippen molar-refractivity contribution in [3.8, 4) is 0 Å². The van der Waals surface area contributed by atoms with Crippen LogP contribution in [0, 0.1) is 5.92 Å². The first-order chi connectivity index (χ1) is 8.76. The molecular formula is C10H11ClFN3O3S. The molecule has 2 heterocycles. The van der Waals surface area contributed by atoms with E-state index in [0.29, 0.717) is 5.69 Å². The van der Waals surface area contributed by atoms with Crippen LogP contribution in [0.5, 0.6) is 0 Å². The molecule has 0 bridgehead atoms. The summed E-state index contributed by atoms with van der Waals surface area (Å²) in [6.45, 7) is 0.0928. The molecule has 1 fully saturated rings. The second-order valence-corrected chi connectivity index (χ2v) is 6.12. The van der Waals surface area contributed by atoms with E-state index in [1.165, 1.54) is 17.0 Å². The lowest BCUT2D eigenvalue weighted by Gasteiger charge is -2.17. The van der Waals surface area contributed by atoms with E-state index in [1.807, 2.05) is 0 Å². The fourth-order valence-corrected chi connectivity index (χ4v) is 3.02. The van der Waals surface area contributed by atoms with E-state index in [2.05, 4.69) is 4.98 Å². The van der Waals surface area contributed by atoms with Gasteiger partial charge in [-0.15, -0.1) is 3.89 Å². The van der Waals surface area contributed by atoms with Gasteiger partial charge in [0, 0.05) is 18.9 Å². The molecule has 9 heteroatoms. The lowest BCUT2D eigenvalue weighted by Crippen LogP contribution is -2.26. The van der Waals surface area contributed by atoms with E-state index < -0.39 is 21.9 Å². The first kappa shape index (κ1) is 14.0. The minimum atomic E-state index is -4.60. The van der Waals surface area contributed by atoms with Crippen molar-refractivity contribution in [1.82, 2.24) is 4.98 Å². The first-order valence-electron chi connectivity index (χ1n) is 5.41. The van der Waals surface area contributed by atoms with Crippen LogP contribution in [-0.2, 0) is 15.0 Å². The molecule has 1 saturated heterocycles. The lowest BCUT2D eigenvalue weighted by atomic mass is 10.1. The van der Waals surface area contributed by atoms with Gasteiger partial charge in [-0.05, 0) is 12.1 Å². The summed E-state index contributed by atoms with van der Waals surface area (Å²) in [5, 5.41) is 0.191. The average molecular weight is 308 g/mol. The Bertz CT molecular complexity index is 622. The van der Waals surface area contributed by atoms with Crippen molar-refractivity contribution in [2.45, 2.75) is 6.42 Å². The van der Waals surface area contributed by atoms with Gasteiger partial charge in [0.1, 0.15) is 11.0 Å². The Morgan fingerprint density at radius 2 is 2.21 bits per heavy atom. The number of aromatic nitrogens is 1. The summed E-state index contributed by atoms with van der Waals surface area (Å²) >= 11 is 5.65. The number of halogens is 2. The fourth-order valence-electron chi connectivity index (χ4n) is 2.08. The zero-order chi connectivity index (χ0) is 14.2. The Balaban J connectivity index is 2.20. The van der Waals surface area contributed by atoms with Crippen molar-refractivity contribution in [2.75, 3.05) is 22.9 Å². The van der Waals surface area contributed by atoms with Crippen LogP contribution in [0.1, 0.15) is 6.42 Å². The van der Waals surface area contributed by atoms with Crippen LogP contribution in [0.4, 0.5) is 15.4 Å². The summed E-state index contributed by atoms with van der Waals surface area (Å²) in [5.74, 6) is -1.50. The van der Waals surface area contributed by atoms with Crippen molar-refractivity contribution in [1.29, 1.82) is 0 Å². The van der Waals surface area contributed by atoms with E-state index in [1.54, 1.807) is 0 Å². The molecule has 0 spiro atoms. The molecule has 1 atom stereocenters. The minimum Gasteiger partial charge on any atom is -0.382 e. The Labute approximate surface area is 114 Å². The van der Waals surface area contributed by atoms with Crippen LogP contribution in [0.25, 0.3) is 0 Å². The molecule has 104 valence electrons. The first-order valence-corrected chi connectivity index (χ1v) is 7.34. The van der Waals surface area contributed by atoms with Gasteiger partial charge in [0.05, 0.1) is 11.4 Å². The van der Waals surface area contributed by atoms with Crippen LogP contribution in [0.2, 0.25) is 5.15 Å². The van der Waals surface area contributed by atoms with Gasteiger partial charge in [0.25, 0.3) is 0 Å². The average Bonchev–Trinajstić information content (AvgIpc) is 2.56. The van der Waals surface area contributed by atoms with E-state index in [9.17, 15) is 17.1 Å². The number of nitrogens with zero attached hydrogens (tertiary/aromatic N) is 2. The zero-order valence-electron chi connectivity index (χ0n) is 9.71. The predicted octanol–water partition coefficient (Wildman–Crippen LogP) is 0.969. The number of nitrogen functional groups attached to an aromatic ring is 1. The Morgan fingerprint density at radius 3 is 2.79 bits per heavy atom. The summed E-state index contributed by atoms with van der Waals surface area (Å²) < 4.78 is 33.8. The number of hydrogen-bond donors (Lipinski definition) is 1.